The maximum Gasteiger partial charge on any atom is 0.227 e. The number of benzene rings is 2. The molecule has 25 heavy (non-hydrogen) atoms. The fraction of sp³-hybridized carbons (Fsp3) is 0.238. The smallest absolute Gasteiger partial charge is 0.227 e. The number of carbonyl (C=O) groups is 1. The summed E-state index contributed by atoms with van der Waals surface area (Å²) in [5, 5.41) is 1.12. The van der Waals surface area contributed by atoms with Crippen LogP contribution in [0.25, 0.3) is 10.9 Å². The van der Waals surface area contributed by atoms with Crippen LogP contribution in [0.1, 0.15) is 22.4 Å². The largest absolute Gasteiger partial charge is 0.341 e. The van der Waals surface area contributed by atoms with Gasteiger partial charge in [-0.2, -0.15) is 0 Å². The average Bonchev–Trinajstić information content (AvgIpc) is 2.60. The van der Waals surface area contributed by atoms with Crippen molar-refractivity contribution in [2.75, 3.05) is 7.05 Å². The average molecular weight is 397 g/mol. The Morgan fingerprint density at radius 2 is 1.76 bits per heavy atom. The topological polar surface area (TPSA) is 33.2 Å². The minimum atomic E-state index is 0.103. The van der Waals surface area contributed by atoms with E-state index >= 15 is 0 Å². The highest BCUT2D eigenvalue weighted by molar-refractivity contribution is 9.10. The quantitative estimate of drug-likeness (QED) is 0.633. The maximum absolute atomic E-state index is 12.7. The summed E-state index contributed by atoms with van der Waals surface area (Å²) in [6.45, 7) is 4.66. The fourth-order valence-electron chi connectivity index (χ4n) is 3.07. The van der Waals surface area contributed by atoms with Gasteiger partial charge in [-0.05, 0) is 48.7 Å². The van der Waals surface area contributed by atoms with Gasteiger partial charge in [-0.3, -0.25) is 9.78 Å². The standard InChI is InChI=1S/C21H21BrN2O/c1-14-18-6-4-5-7-20(18)23-15(2)19(14)12-21(25)24(3)13-16-8-10-17(22)11-9-16/h4-11H,12-13H2,1-3H3. The number of fused-ring (bicyclic) bond motifs is 1. The molecule has 0 bridgehead atoms. The third kappa shape index (κ3) is 3.90. The third-order valence-corrected chi connectivity index (χ3v) is 5.10. The molecule has 0 aliphatic carbocycles. The summed E-state index contributed by atoms with van der Waals surface area (Å²) in [4.78, 5) is 19.2. The molecule has 0 saturated carbocycles. The highest BCUT2D eigenvalue weighted by atomic mass is 79.9. The van der Waals surface area contributed by atoms with Gasteiger partial charge in [0.2, 0.25) is 5.91 Å². The van der Waals surface area contributed by atoms with E-state index < -0.39 is 0 Å². The molecule has 2 aromatic carbocycles. The Bertz CT molecular complexity index is 919. The van der Waals surface area contributed by atoms with Crippen molar-refractivity contribution in [3.8, 4) is 0 Å². The minimum absolute atomic E-state index is 0.103. The maximum atomic E-state index is 12.7. The normalized spacial score (nSPS) is 10.9. The molecule has 3 aromatic rings. The highest BCUT2D eigenvalue weighted by Gasteiger charge is 2.16. The van der Waals surface area contributed by atoms with Gasteiger partial charge in [0.1, 0.15) is 0 Å². The first-order valence-electron chi connectivity index (χ1n) is 8.29. The lowest BCUT2D eigenvalue weighted by Crippen LogP contribution is -2.28. The van der Waals surface area contributed by atoms with Gasteiger partial charge >= 0.3 is 0 Å². The van der Waals surface area contributed by atoms with Gasteiger partial charge in [-0.15, -0.1) is 0 Å². The van der Waals surface area contributed by atoms with Gasteiger partial charge in [0.25, 0.3) is 0 Å². The van der Waals surface area contributed by atoms with Crippen molar-refractivity contribution in [3.63, 3.8) is 0 Å². The molecule has 3 rings (SSSR count). The van der Waals surface area contributed by atoms with E-state index in [1.54, 1.807) is 4.90 Å². The van der Waals surface area contributed by atoms with Gasteiger partial charge in [0.05, 0.1) is 11.9 Å². The van der Waals surface area contributed by atoms with Gasteiger partial charge in [-0.25, -0.2) is 0 Å². The zero-order valence-electron chi connectivity index (χ0n) is 14.7. The van der Waals surface area contributed by atoms with Gasteiger partial charge in [0.15, 0.2) is 0 Å². The first kappa shape index (κ1) is 17.6. The van der Waals surface area contributed by atoms with Crippen LogP contribution in [0.2, 0.25) is 0 Å². The molecule has 3 nitrogen and oxygen atoms in total. The second-order valence-corrected chi connectivity index (χ2v) is 7.29. The number of aryl methyl sites for hydroxylation is 2. The molecule has 0 unspecified atom stereocenters. The Morgan fingerprint density at radius 3 is 2.48 bits per heavy atom. The van der Waals surface area contributed by atoms with Crippen LogP contribution in [0.15, 0.2) is 53.0 Å². The first-order valence-corrected chi connectivity index (χ1v) is 9.08. The number of aromatic nitrogens is 1. The van der Waals surface area contributed by atoms with Crippen LogP contribution in [0.3, 0.4) is 0 Å². The van der Waals surface area contributed by atoms with Crippen molar-refractivity contribution in [1.82, 2.24) is 9.88 Å². The first-order chi connectivity index (χ1) is 12.0. The minimum Gasteiger partial charge on any atom is -0.341 e. The number of hydrogen-bond donors (Lipinski definition) is 0. The number of rotatable bonds is 4. The molecule has 0 aliphatic heterocycles. The van der Waals surface area contributed by atoms with E-state index in [2.05, 4.69) is 33.9 Å². The molecule has 0 N–H and O–H groups in total. The SMILES string of the molecule is Cc1nc2ccccc2c(C)c1CC(=O)N(C)Cc1ccc(Br)cc1. The van der Waals surface area contributed by atoms with Crippen molar-refractivity contribution in [2.45, 2.75) is 26.8 Å². The molecule has 0 fully saturated rings. The van der Waals surface area contributed by atoms with Crippen molar-refractivity contribution < 1.29 is 4.79 Å². The Hall–Kier alpha value is -2.20. The van der Waals surface area contributed by atoms with E-state index in [0.717, 1.165) is 37.8 Å². The van der Waals surface area contributed by atoms with E-state index in [0.29, 0.717) is 13.0 Å². The van der Waals surface area contributed by atoms with Crippen LogP contribution >= 0.6 is 15.9 Å². The number of carbonyl (C=O) groups excluding carboxylic acids is 1. The van der Waals surface area contributed by atoms with Crippen molar-refractivity contribution >= 4 is 32.7 Å². The van der Waals surface area contributed by atoms with Crippen LogP contribution in [-0.4, -0.2) is 22.8 Å². The van der Waals surface area contributed by atoms with E-state index in [-0.39, 0.29) is 5.91 Å². The lowest BCUT2D eigenvalue weighted by Gasteiger charge is -2.19. The zero-order valence-corrected chi connectivity index (χ0v) is 16.3. The summed E-state index contributed by atoms with van der Waals surface area (Å²) < 4.78 is 1.04. The molecular weight excluding hydrogens is 376 g/mol. The molecule has 0 radical (unpaired) electrons. The monoisotopic (exact) mass is 396 g/mol. The molecule has 1 heterocycles. The van der Waals surface area contributed by atoms with Gasteiger partial charge in [0, 0.05) is 29.1 Å². The number of pyridine rings is 1. The Labute approximate surface area is 156 Å². The van der Waals surface area contributed by atoms with Crippen LogP contribution in [0.5, 0.6) is 0 Å². The number of likely N-dealkylation sites (N-methyl/N-ethyl adjacent to an activating group) is 1. The Kier molecular flexibility index (Phi) is 5.19. The molecule has 128 valence electrons. The van der Waals surface area contributed by atoms with Crippen molar-refractivity contribution in [1.29, 1.82) is 0 Å². The lowest BCUT2D eigenvalue weighted by atomic mass is 9.99. The van der Waals surface area contributed by atoms with E-state index in [1.165, 1.54) is 0 Å². The lowest BCUT2D eigenvalue weighted by molar-refractivity contribution is -0.129. The number of amides is 1. The summed E-state index contributed by atoms with van der Waals surface area (Å²) >= 11 is 3.43. The summed E-state index contributed by atoms with van der Waals surface area (Å²) in [6, 6.07) is 16.1. The van der Waals surface area contributed by atoms with E-state index in [1.807, 2.05) is 56.4 Å². The number of para-hydroxylation sites is 1. The second-order valence-electron chi connectivity index (χ2n) is 6.37. The van der Waals surface area contributed by atoms with Gasteiger partial charge < -0.3 is 4.90 Å². The Balaban J connectivity index is 1.80. The van der Waals surface area contributed by atoms with Gasteiger partial charge in [-0.1, -0.05) is 46.3 Å². The van der Waals surface area contributed by atoms with Crippen molar-refractivity contribution in [3.05, 3.63) is 75.4 Å². The molecule has 4 heteroatoms. The predicted octanol–water partition coefficient (Wildman–Crippen LogP) is 4.82. The van der Waals surface area contributed by atoms with Crippen LogP contribution in [-0.2, 0) is 17.8 Å². The molecule has 0 aliphatic rings. The van der Waals surface area contributed by atoms with Crippen molar-refractivity contribution in [2.24, 2.45) is 0 Å². The van der Waals surface area contributed by atoms with Crippen LogP contribution in [0.4, 0.5) is 0 Å². The fourth-order valence-corrected chi connectivity index (χ4v) is 3.33. The van der Waals surface area contributed by atoms with Crippen LogP contribution in [0, 0.1) is 13.8 Å². The summed E-state index contributed by atoms with van der Waals surface area (Å²) in [6.07, 6.45) is 0.378. The number of nitrogens with zero attached hydrogens (tertiary/aromatic N) is 2. The number of halogens is 1. The van der Waals surface area contributed by atoms with E-state index in [9.17, 15) is 4.79 Å². The third-order valence-electron chi connectivity index (χ3n) is 4.57. The molecule has 0 atom stereocenters. The predicted molar refractivity (Wildman–Crippen MR) is 106 cm³/mol. The van der Waals surface area contributed by atoms with Crippen LogP contribution < -0.4 is 0 Å². The number of hydrogen-bond acceptors (Lipinski definition) is 2. The molecular formula is C21H21BrN2O. The summed E-state index contributed by atoms with van der Waals surface area (Å²) in [5.41, 5.74) is 5.21. The Morgan fingerprint density at radius 1 is 1.08 bits per heavy atom. The zero-order chi connectivity index (χ0) is 18.0. The second kappa shape index (κ2) is 7.36. The summed E-state index contributed by atoms with van der Waals surface area (Å²) in [7, 11) is 1.85. The molecule has 0 spiro atoms. The molecule has 1 amide bonds. The molecule has 0 saturated heterocycles. The molecule has 1 aromatic heterocycles. The van der Waals surface area contributed by atoms with E-state index in [4.69, 9.17) is 0 Å². The highest BCUT2D eigenvalue weighted by Crippen LogP contribution is 2.23. The summed E-state index contributed by atoms with van der Waals surface area (Å²) in [5.74, 6) is 0.103.